The summed E-state index contributed by atoms with van der Waals surface area (Å²) in [6.45, 7) is 8.22. The van der Waals surface area contributed by atoms with E-state index >= 15 is 0 Å². The Morgan fingerprint density at radius 2 is 2.00 bits per heavy atom. The van der Waals surface area contributed by atoms with E-state index in [1.54, 1.807) is 0 Å². The van der Waals surface area contributed by atoms with Crippen molar-refractivity contribution in [1.29, 1.82) is 0 Å². The van der Waals surface area contributed by atoms with Crippen molar-refractivity contribution in [1.82, 2.24) is 10.2 Å². The van der Waals surface area contributed by atoms with Crippen LogP contribution in [0.3, 0.4) is 0 Å². The molecule has 5 heteroatoms. The Morgan fingerprint density at radius 3 is 2.50 bits per heavy atom. The number of rotatable bonds is 6. The van der Waals surface area contributed by atoms with E-state index in [1.165, 1.54) is 0 Å². The van der Waals surface area contributed by atoms with Crippen LogP contribution in [0.1, 0.15) is 49.9 Å². The number of nitrogens with one attached hydrogen (secondary N) is 1. The largest absolute Gasteiger partial charge is 0.389 e. The number of anilines is 1. The van der Waals surface area contributed by atoms with E-state index in [0.717, 1.165) is 36.1 Å². The topological polar surface area (TPSA) is 63.8 Å². The summed E-state index contributed by atoms with van der Waals surface area (Å²) in [5, 5.41) is 11.7. The van der Waals surface area contributed by atoms with E-state index in [2.05, 4.69) is 29.4 Å². The van der Waals surface area contributed by atoms with Gasteiger partial charge in [0.25, 0.3) is 0 Å². The van der Waals surface area contributed by atoms with Crippen LogP contribution in [0.4, 0.5) is 5.82 Å². The second-order valence-electron chi connectivity index (χ2n) is 4.54. The average Bonchev–Trinajstić information content (AvgIpc) is 2.32. The van der Waals surface area contributed by atoms with Crippen LogP contribution < -0.4 is 11.1 Å². The van der Waals surface area contributed by atoms with E-state index < -0.39 is 0 Å². The van der Waals surface area contributed by atoms with Crippen LogP contribution in [-0.4, -0.2) is 21.2 Å². The van der Waals surface area contributed by atoms with Crippen molar-refractivity contribution in [2.24, 2.45) is 5.73 Å². The summed E-state index contributed by atoms with van der Waals surface area (Å²) in [6.07, 6.45) is 3.27. The van der Waals surface area contributed by atoms with Crippen molar-refractivity contribution in [2.45, 2.75) is 53.0 Å². The van der Waals surface area contributed by atoms with Crippen LogP contribution in [0.25, 0.3) is 0 Å². The lowest BCUT2D eigenvalue weighted by Crippen LogP contribution is -2.24. The summed E-state index contributed by atoms with van der Waals surface area (Å²) in [5.41, 5.74) is 8.50. The number of aryl methyl sites for hydroxylation is 1. The Kier molecular flexibility index (Phi) is 5.47. The number of aromatic nitrogens is 2. The Bertz CT molecular complexity index is 431. The number of nitrogens with zero attached hydrogens (tertiary/aromatic N) is 2. The molecule has 0 aromatic carbocycles. The van der Waals surface area contributed by atoms with Crippen molar-refractivity contribution in [3.05, 3.63) is 16.8 Å². The second kappa shape index (κ2) is 6.64. The summed E-state index contributed by atoms with van der Waals surface area (Å²) in [5.74, 6) is 0.714. The molecule has 0 bridgehead atoms. The zero-order chi connectivity index (χ0) is 13.7. The molecule has 0 fully saturated rings. The highest BCUT2D eigenvalue weighted by Gasteiger charge is 2.15. The highest BCUT2D eigenvalue weighted by molar-refractivity contribution is 7.80. The molecule has 0 aliphatic rings. The van der Waals surface area contributed by atoms with Gasteiger partial charge in [-0.05, 0) is 32.3 Å². The number of thiocarbonyl (C=S) groups is 1. The smallest absolute Gasteiger partial charge is 0.159 e. The van der Waals surface area contributed by atoms with Gasteiger partial charge in [-0.3, -0.25) is 0 Å². The molecule has 0 aliphatic heterocycles. The van der Waals surface area contributed by atoms with Gasteiger partial charge in [-0.25, -0.2) is 0 Å². The summed E-state index contributed by atoms with van der Waals surface area (Å²) in [4.78, 5) is 0.374. The van der Waals surface area contributed by atoms with Crippen LogP contribution in [-0.2, 0) is 0 Å². The predicted molar refractivity (Wildman–Crippen MR) is 80.0 cm³/mol. The van der Waals surface area contributed by atoms with E-state index in [1.807, 2.05) is 13.8 Å². The third-order valence-electron chi connectivity index (χ3n) is 3.17. The summed E-state index contributed by atoms with van der Waals surface area (Å²) in [6, 6.07) is 0.388. The Labute approximate surface area is 114 Å². The maximum absolute atomic E-state index is 5.80. The Hall–Kier alpha value is -1.23. The Morgan fingerprint density at radius 1 is 1.33 bits per heavy atom. The highest BCUT2D eigenvalue weighted by Crippen LogP contribution is 2.20. The summed E-state index contributed by atoms with van der Waals surface area (Å²) < 4.78 is 0. The van der Waals surface area contributed by atoms with Crippen LogP contribution in [0.5, 0.6) is 0 Å². The van der Waals surface area contributed by atoms with Crippen molar-refractivity contribution in [3.63, 3.8) is 0 Å². The second-order valence-corrected chi connectivity index (χ2v) is 4.98. The molecular formula is C13H22N4S. The lowest BCUT2D eigenvalue weighted by atomic mass is 10.1. The number of hydrogen-bond acceptors (Lipinski definition) is 4. The summed E-state index contributed by atoms with van der Waals surface area (Å²) >= 11 is 5.12. The normalized spacial score (nSPS) is 12.2. The standard InChI is InChI=1S/C13H22N4S/c1-5-7-10(6-2)15-13-11(12(14)18)8(3)9(4)16-17-13/h10H,5-7H2,1-4H3,(H2,14,18)(H,15,17). The van der Waals surface area contributed by atoms with E-state index in [4.69, 9.17) is 18.0 Å². The van der Waals surface area contributed by atoms with Gasteiger partial charge in [-0.15, -0.1) is 5.10 Å². The molecule has 0 radical (unpaired) electrons. The molecule has 1 aromatic heterocycles. The molecule has 1 aromatic rings. The van der Waals surface area contributed by atoms with Gasteiger partial charge >= 0.3 is 0 Å². The molecule has 1 atom stereocenters. The van der Waals surface area contributed by atoms with Gasteiger partial charge in [0.2, 0.25) is 0 Å². The fourth-order valence-corrected chi connectivity index (χ4v) is 2.18. The minimum Gasteiger partial charge on any atom is -0.389 e. The maximum Gasteiger partial charge on any atom is 0.159 e. The van der Waals surface area contributed by atoms with Gasteiger partial charge in [-0.1, -0.05) is 32.5 Å². The predicted octanol–water partition coefficient (Wildman–Crippen LogP) is 2.72. The van der Waals surface area contributed by atoms with Gasteiger partial charge in [-0.2, -0.15) is 5.10 Å². The SMILES string of the molecule is CCCC(CC)Nc1nnc(C)c(C)c1C(N)=S. The number of hydrogen-bond donors (Lipinski definition) is 2. The first-order valence-electron chi connectivity index (χ1n) is 6.41. The van der Waals surface area contributed by atoms with Crippen LogP contribution in [0.2, 0.25) is 0 Å². The molecule has 100 valence electrons. The molecule has 0 amide bonds. The third kappa shape index (κ3) is 3.38. The Balaban J connectivity index is 3.08. The molecule has 0 saturated heterocycles. The van der Waals surface area contributed by atoms with Gasteiger partial charge in [0.1, 0.15) is 4.99 Å². The third-order valence-corrected chi connectivity index (χ3v) is 3.38. The molecule has 1 rings (SSSR count). The quantitative estimate of drug-likeness (QED) is 0.775. The van der Waals surface area contributed by atoms with Crippen LogP contribution >= 0.6 is 12.2 Å². The maximum atomic E-state index is 5.80. The molecule has 0 spiro atoms. The van der Waals surface area contributed by atoms with E-state index in [0.29, 0.717) is 16.8 Å². The van der Waals surface area contributed by atoms with Gasteiger partial charge in [0.15, 0.2) is 5.82 Å². The highest BCUT2D eigenvalue weighted by atomic mass is 32.1. The molecule has 3 N–H and O–H groups in total. The first-order chi connectivity index (χ1) is 8.51. The molecule has 1 unspecified atom stereocenters. The fourth-order valence-electron chi connectivity index (χ4n) is 1.93. The molecule has 1 heterocycles. The molecule has 0 saturated carbocycles. The minimum atomic E-state index is 0.374. The first kappa shape index (κ1) is 14.8. The minimum absolute atomic E-state index is 0.374. The van der Waals surface area contributed by atoms with Crippen molar-refractivity contribution in [3.8, 4) is 0 Å². The average molecular weight is 266 g/mol. The lowest BCUT2D eigenvalue weighted by molar-refractivity contribution is 0.618. The van der Waals surface area contributed by atoms with Crippen molar-refractivity contribution in [2.75, 3.05) is 5.32 Å². The summed E-state index contributed by atoms with van der Waals surface area (Å²) in [7, 11) is 0. The fraction of sp³-hybridized carbons (Fsp3) is 0.615. The van der Waals surface area contributed by atoms with Gasteiger partial charge < -0.3 is 11.1 Å². The molecule has 0 aliphatic carbocycles. The molecular weight excluding hydrogens is 244 g/mol. The first-order valence-corrected chi connectivity index (χ1v) is 6.82. The monoisotopic (exact) mass is 266 g/mol. The van der Waals surface area contributed by atoms with Crippen LogP contribution in [0, 0.1) is 13.8 Å². The van der Waals surface area contributed by atoms with E-state index in [9.17, 15) is 0 Å². The number of nitrogens with two attached hydrogens (primary N) is 1. The van der Waals surface area contributed by atoms with Crippen molar-refractivity contribution >= 4 is 23.0 Å². The van der Waals surface area contributed by atoms with E-state index in [-0.39, 0.29) is 0 Å². The molecule has 18 heavy (non-hydrogen) atoms. The zero-order valence-corrected chi connectivity index (χ0v) is 12.4. The van der Waals surface area contributed by atoms with Gasteiger partial charge in [0, 0.05) is 6.04 Å². The van der Waals surface area contributed by atoms with Gasteiger partial charge in [0.05, 0.1) is 11.3 Å². The molecule has 4 nitrogen and oxygen atoms in total. The lowest BCUT2D eigenvalue weighted by Gasteiger charge is -2.19. The van der Waals surface area contributed by atoms with Crippen molar-refractivity contribution < 1.29 is 0 Å². The van der Waals surface area contributed by atoms with Crippen LogP contribution in [0.15, 0.2) is 0 Å². The zero-order valence-electron chi connectivity index (χ0n) is 11.6.